The number of nitriles is 1. The second-order valence-electron chi connectivity index (χ2n) is 8.21. The predicted octanol–water partition coefficient (Wildman–Crippen LogP) is 4.58. The number of methoxy groups -OCH3 is 1. The molecule has 0 bridgehead atoms. The number of ether oxygens (including phenoxy) is 2. The van der Waals surface area contributed by atoms with Gasteiger partial charge in [-0.2, -0.15) is 5.26 Å². The summed E-state index contributed by atoms with van der Waals surface area (Å²) in [6.07, 6.45) is 1.45. The van der Waals surface area contributed by atoms with Crippen molar-refractivity contribution in [3.63, 3.8) is 0 Å². The van der Waals surface area contributed by atoms with Gasteiger partial charge in [0.2, 0.25) is 5.78 Å². The third-order valence-corrected chi connectivity index (χ3v) is 5.84. The maximum Gasteiger partial charge on any atom is 0.349 e. The molecule has 0 saturated heterocycles. The van der Waals surface area contributed by atoms with E-state index in [0.29, 0.717) is 22.4 Å². The average Bonchev–Trinajstić information content (AvgIpc) is 3.29. The zero-order chi connectivity index (χ0) is 25.9. The standard InChI is InChI=1S/C27H27N3O5/c1-15-11-20(18(4)30(15)22-7-9-23(34-6)10-8-22)12-21(13-28)27(33)35-14-24(32)26-16(2)25(19(5)31)17(3)29-26/h7-12,29H,14H2,1-6H3/b21-12+. The van der Waals surface area contributed by atoms with Gasteiger partial charge in [0.25, 0.3) is 0 Å². The summed E-state index contributed by atoms with van der Waals surface area (Å²) in [6, 6.07) is 11.3. The molecule has 1 aromatic carbocycles. The molecule has 0 aliphatic carbocycles. The summed E-state index contributed by atoms with van der Waals surface area (Å²) < 4.78 is 12.3. The molecule has 8 heteroatoms. The summed E-state index contributed by atoms with van der Waals surface area (Å²) in [7, 11) is 1.60. The molecule has 0 aliphatic heterocycles. The molecule has 2 heterocycles. The van der Waals surface area contributed by atoms with Crippen molar-refractivity contribution in [2.75, 3.05) is 13.7 Å². The lowest BCUT2D eigenvalue weighted by molar-refractivity contribution is -0.137. The fraction of sp³-hybridized carbons (Fsp3) is 0.259. The van der Waals surface area contributed by atoms with Crippen LogP contribution in [0, 0.1) is 39.0 Å². The number of aryl methyl sites for hydroxylation is 2. The second kappa shape index (κ2) is 10.3. The van der Waals surface area contributed by atoms with Crippen LogP contribution in [-0.4, -0.2) is 40.8 Å². The van der Waals surface area contributed by atoms with Crippen molar-refractivity contribution >= 4 is 23.6 Å². The number of aromatic nitrogens is 2. The van der Waals surface area contributed by atoms with Crippen molar-refractivity contribution < 1.29 is 23.9 Å². The van der Waals surface area contributed by atoms with Gasteiger partial charge in [0.15, 0.2) is 12.4 Å². The van der Waals surface area contributed by atoms with Gasteiger partial charge < -0.3 is 19.0 Å². The first-order valence-corrected chi connectivity index (χ1v) is 10.9. The minimum atomic E-state index is -0.900. The van der Waals surface area contributed by atoms with Crippen LogP contribution in [0.25, 0.3) is 11.8 Å². The van der Waals surface area contributed by atoms with E-state index in [9.17, 15) is 19.6 Å². The Morgan fingerprint density at radius 3 is 2.31 bits per heavy atom. The van der Waals surface area contributed by atoms with E-state index in [1.165, 1.54) is 13.0 Å². The summed E-state index contributed by atoms with van der Waals surface area (Å²) in [5.41, 5.74) is 4.87. The molecule has 0 unspecified atom stereocenters. The Morgan fingerprint density at radius 1 is 1.11 bits per heavy atom. The number of ketones is 2. The third-order valence-electron chi connectivity index (χ3n) is 5.84. The molecule has 0 fully saturated rings. The Kier molecular flexibility index (Phi) is 7.40. The molecular weight excluding hydrogens is 446 g/mol. The molecule has 8 nitrogen and oxygen atoms in total. The number of rotatable bonds is 8. The highest BCUT2D eigenvalue weighted by molar-refractivity contribution is 6.05. The molecule has 1 N–H and O–H groups in total. The quantitative estimate of drug-likeness (QED) is 0.222. The fourth-order valence-electron chi connectivity index (χ4n) is 4.19. The average molecular weight is 474 g/mol. The maximum absolute atomic E-state index is 12.6. The van der Waals surface area contributed by atoms with Crippen molar-refractivity contribution in [2.45, 2.75) is 34.6 Å². The van der Waals surface area contributed by atoms with Crippen LogP contribution < -0.4 is 4.74 Å². The van der Waals surface area contributed by atoms with Gasteiger partial charge in [-0.05, 0) is 82.2 Å². The number of hydrogen-bond acceptors (Lipinski definition) is 6. The van der Waals surface area contributed by atoms with Crippen LogP contribution in [0.3, 0.4) is 0 Å². The fourth-order valence-corrected chi connectivity index (χ4v) is 4.19. The number of aromatic amines is 1. The minimum absolute atomic E-state index is 0.158. The summed E-state index contributed by atoms with van der Waals surface area (Å²) in [6.45, 7) is 8.04. The molecule has 0 amide bonds. The van der Waals surface area contributed by atoms with E-state index in [2.05, 4.69) is 4.98 Å². The number of Topliss-reactive ketones (excluding diaryl/α,β-unsaturated/α-hetero) is 2. The van der Waals surface area contributed by atoms with E-state index >= 15 is 0 Å². The molecule has 2 aromatic heterocycles. The number of H-pyrrole nitrogens is 1. The first-order chi connectivity index (χ1) is 16.6. The zero-order valence-corrected chi connectivity index (χ0v) is 20.6. The topological polar surface area (TPSA) is 114 Å². The number of hydrogen-bond donors (Lipinski definition) is 1. The van der Waals surface area contributed by atoms with Gasteiger partial charge >= 0.3 is 5.97 Å². The van der Waals surface area contributed by atoms with Crippen LogP contribution in [0.5, 0.6) is 5.75 Å². The number of nitrogens with one attached hydrogen (secondary N) is 1. The van der Waals surface area contributed by atoms with Crippen molar-refractivity contribution in [1.29, 1.82) is 5.26 Å². The minimum Gasteiger partial charge on any atom is -0.497 e. The van der Waals surface area contributed by atoms with E-state index < -0.39 is 18.4 Å². The SMILES string of the molecule is COc1ccc(-n2c(C)cc(/C=C(\C#N)C(=O)OCC(=O)c3[nH]c(C)c(C(C)=O)c3C)c2C)cc1. The summed E-state index contributed by atoms with van der Waals surface area (Å²) in [5, 5.41) is 9.56. The summed E-state index contributed by atoms with van der Waals surface area (Å²) in [5.74, 6) is -0.805. The number of benzene rings is 1. The smallest absolute Gasteiger partial charge is 0.349 e. The first kappa shape index (κ1) is 25.2. The zero-order valence-electron chi connectivity index (χ0n) is 20.6. The van der Waals surface area contributed by atoms with Gasteiger partial charge in [-0.25, -0.2) is 4.79 Å². The third kappa shape index (κ3) is 5.09. The molecular formula is C27H27N3O5. The van der Waals surface area contributed by atoms with Gasteiger partial charge in [0.1, 0.15) is 17.4 Å². The van der Waals surface area contributed by atoms with Crippen LogP contribution in [0.15, 0.2) is 35.9 Å². The van der Waals surface area contributed by atoms with Gasteiger partial charge in [0.05, 0.1) is 12.8 Å². The van der Waals surface area contributed by atoms with E-state index in [0.717, 1.165) is 22.8 Å². The Hall–Kier alpha value is -4.38. The van der Waals surface area contributed by atoms with Crippen molar-refractivity contribution in [3.8, 4) is 17.5 Å². The Bertz CT molecular complexity index is 1380. The lowest BCUT2D eigenvalue weighted by Crippen LogP contribution is -2.16. The maximum atomic E-state index is 12.6. The van der Waals surface area contributed by atoms with Crippen LogP contribution in [0.2, 0.25) is 0 Å². The number of nitrogens with zero attached hydrogens (tertiary/aromatic N) is 2. The number of carbonyl (C=O) groups excluding carboxylic acids is 3. The molecule has 0 spiro atoms. The molecule has 0 saturated carbocycles. The summed E-state index contributed by atoms with van der Waals surface area (Å²) >= 11 is 0. The van der Waals surface area contributed by atoms with Crippen LogP contribution in [0.4, 0.5) is 0 Å². The Labute approximate surface area is 203 Å². The van der Waals surface area contributed by atoms with Crippen LogP contribution in [-0.2, 0) is 9.53 Å². The predicted molar refractivity (Wildman–Crippen MR) is 131 cm³/mol. The molecule has 0 radical (unpaired) electrons. The normalized spacial score (nSPS) is 11.2. The second-order valence-corrected chi connectivity index (χ2v) is 8.21. The molecule has 3 aromatic rings. The van der Waals surface area contributed by atoms with Gasteiger partial charge in [0, 0.05) is 28.3 Å². The lowest BCUT2D eigenvalue weighted by Gasteiger charge is -2.10. The number of carbonyl (C=O) groups is 3. The summed E-state index contributed by atoms with van der Waals surface area (Å²) in [4.78, 5) is 39.9. The van der Waals surface area contributed by atoms with Crippen molar-refractivity contribution in [2.24, 2.45) is 0 Å². The van der Waals surface area contributed by atoms with Gasteiger partial charge in [-0.15, -0.1) is 0 Å². The van der Waals surface area contributed by atoms with E-state index in [1.807, 2.05) is 54.8 Å². The first-order valence-electron chi connectivity index (χ1n) is 10.9. The molecule has 180 valence electrons. The highest BCUT2D eigenvalue weighted by Gasteiger charge is 2.22. The van der Waals surface area contributed by atoms with Crippen LogP contribution >= 0.6 is 0 Å². The van der Waals surface area contributed by atoms with Crippen molar-refractivity contribution in [1.82, 2.24) is 9.55 Å². The molecule has 0 atom stereocenters. The van der Waals surface area contributed by atoms with E-state index in [1.54, 1.807) is 21.0 Å². The molecule has 3 rings (SSSR count). The monoisotopic (exact) mass is 473 g/mol. The largest absolute Gasteiger partial charge is 0.497 e. The highest BCUT2D eigenvalue weighted by Crippen LogP contribution is 2.25. The van der Waals surface area contributed by atoms with Crippen LogP contribution in [0.1, 0.15) is 56.0 Å². The van der Waals surface area contributed by atoms with E-state index in [-0.39, 0.29) is 17.1 Å². The number of esters is 1. The lowest BCUT2D eigenvalue weighted by atomic mass is 10.1. The molecule has 35 heavy (non-hydrogen) atoms. The van der Waals surface area contributed by atoms with Gasteiger partial charge in [-0.1, -0.05) is 0 Å². The van der Waals surface area contributed by atoms with E-state index in [4.69, 9.17) is 9.47 Å². The Balaban J connectivity index is 1.80. The highest BCUT2D eigenvalue weighted by atomic mass is 16.5. The Morgan fingerprint density at radius 2 is 1.77 bits per heavy atom. The molecule has 0 aliphatic rings. The van der Waals surface area contributed by atoms with Gasteiger partial charge in [-0.3, -0.25) is 9.59 Å². The van der Waals surface area contributed by atoms with Crippen molar-refractivity contribution in [3.05, 3.63) is 75.4 Å².